The van der Waals surface area contributed by atoms with Crippen LogP contribution < -0.4 is 15.1 Å². The molecule has 2 fully saturated rings. The van der Waals surface area contributed by atoms with Crippen molar-refractivity contribution in [3.8, 4) is 5.75 Å². The predicted molar refractivity (Wildman–Crippen MR) is 94.3 cm³/mol. The van der Waals surface area contributed by atoms with Crippen LogP contribution in [-0.2, 0) is 24.0 Å². The molecule has 0 aromatic heterocycles. The van der Waals surface area contributed by atoms with Crippen molar-refractivity contribution in [1.82, 2.24) is 10.3 Å². The van der Waals surface area contributed by atoms with E-state index in [1.165, 1.54) is 7.11 Å². The van der Waals surface area contributed by atoms with Crippen LogP contribution in [0.15, 0.2) is 29.4 Å². The Morgan fingerprint density at radius 3 is 2.36 bits per heavy atom. The molecule has 2 atom stereocenters. The number of Topliss-reactive ketones (excluding diaryl/α,β-unsaturated/α-hetero) is 1. The maximum atomic E-state index is 12.9. The van der Waals surface area contributed by atoms with Crippen LogP contribution in [0.3, 0.4) is 0 Å². The number of methoxy groups -OCH3 is 1. The zero-order valence-corrected chi connectivity index (χ0v) is 14.9. The number of anilines is 1. The molecule has 1 aromatic carbocycles. The average Bonchev–Trinajstić information content (AvgIpc) is 3.33. The topological polar surface area (TPSA) is 125 Å². The number of nitrogens with zero attached hydrogens (tertiary/aromatic N) is 3. The number of carbonyl (C=O) groups is 5. The number of likely N-dealkylation sites (tertiary alicyclic amines) is 1. The first kappa shape index (κ1) is 17.8. The minimum absolute atomic E-state index is 0.0611. The predicted octanol–water partition coefficient (Wildman–Crippen LogP) is -0.770. The molecule has 144 valence electrons. The van der Waals surface area contributed by atoms with E-state index in [2.05, 4.69) is 10.5 Å². The summed E-state index contributed by atoms with van der Waals surface area (Å²) in [5.41, 5.74) is 2.75. The largest absolute Gasteiger partial charge is 0.497 e. The Balaban J connectivity index is 1.55. The molecule has 0 saturated carbocycles. The van der Waals surface area contributed by atoms with Crippen LogP contribution in [0.4, 0.5) is 5.69 Å². The molecule has 4 amide bonds. The van der Waals surface area contributed by atoms with Gasteiger partial charge in [-0.05, 0) is 24.3 Å². The van der Waals surface area contributed by atoms with E-state index in [4.69, 9.17) is 4.74 Å². The number of carbonyl (C=O) groups excluding carboxylic acids is 5. The van der Waals surface area contributed by atoms with Crippen molar-refractivity contribution in [2.24, 2.45) is 11.0 Å². The van der Waals surface area contributed by atoms with Gasteiger partial charge in [0.15, 0.2) is 5.78 Å². The third-order valence-electron chi connectivity index (χ3n) is 5.00. The van der Waals surface area contributed by atoms with E-state index in [0.29, 0.717) is 11.4 Å². The molecule has 1 N–H and O–H groups in total. The van der Waals surface area contributed by atoms with Gasteiger partial charge in [0, 0.05) is 12.8 Å². The zero-order valence-electron chi connectivity index (χ0n) is 14.9. The van der Waals surface area contributed by atoms with E-state index in [0.717, 1.165) is 9.80 Å². The molecule has 3 heterocycles. The average molecular weight is 384 g/mol. The van der Waals surface area contributed by atoms with Gasteiger partial charge in [-0.2, -0.15) is 5.10 Å². The Bertz CT molecular complexity index is 922. The first-order chi connectivity index (χ1) is 13.4. The molecule has 10 nitrogen and oxygen atoms in total. The van der Waals surface area contributed by atoms with Gasteiger partial charge in [0.25, 0.3) is 5.91 Å². The van der Waals surface area contributed by atoms with Gasteiger partial charge in [0.05, 0.1) is 19.3 Å². The van der Waals surface area contributed by atoms with Gasteiger partial charge >= 0.3 is 0 Å². The standard InChI is InChI=1S/C18H16N4O6/c1-28-10-4-2-9(3-5-10)22-17(26)14-15(19-20-16(14)18(22)27)11(23)8-21-12(24)6-7-13(21)25/h2-5,14,16,20H,6-8H2,1H3. The van der Waals surface area contributed by atoms with Crippen LogP contribution in [0, 0.1) is 5.92 Å². The molecule has 10 heteroatoms. The summed E-state index contributed by atoms with van der Waals surface area (Å²) in [7, 11) is 1.50. The number of amides is 4. The highest BCUT2D eigenvalue weighted by atomic mass is 16.5. The monoisotopic (exact) mass is 384 g/mol. The molecule has 4 rings (SSSR count). The van der Waals surface area contributed by atoms with Gasteiger partial charge in [0.2, 0.25) is 17.7 Å². The summed E-state index contributed by atoms with van der Waals surface area (Å²) in [6, 6.07) is 5.37. The fourth-order valence-corrected chi connectivity index (χ4v) is 3.53. The molecular formula is C18H16N4O6. The molecule has 28 heavy (non-hydrogen) atoms. The van der Waals surface area contributed by atoms with Gasteiger partial charge < -0.3 is 4.74 Å². The van der Waals surface area contributed by atoms with Crippen molar-refractivity contribution in [2.75, 3.05) is 18.6 Å². The lowest BCUT2D eigenvalue weighted by atomic mass is 9.95. The van der Waals surface area contributed by atoms with Crippen molar-refractivity contribution in [2.45, 2.75) is 18.9 Å². The summed E-state index contributed by atoms with van der Waals surface area (Å²) in [6.07, 6.45) is 0.122. The molecule has 3 aliphatic rings. The first-order valence-corrected chi connectivity index (χ1v) is 8.63. The molecular weight excluding hydrogens is 368 g/mol. The summed E-state index contributed by atoms with van der Waals surface area (Å²) >= 11 is 0. The molecule has 1 aromatic rings. The van der Waals surface area contributed by atoms with Gasteiger partial charge in [-0.25, -0.2) is 4.90 Å². The lowest BCUT2D eigenvalue weighted by Crippen LogP contribution is -2.41. The van der Waals surface area contributed by atoms with Crippen molar-refractivity contribution < 1.29 is 28.7 Å². The minimum Gasteiger partial charge on any atom is -0.497 e. The Morgan fingerprint density at radius 1 is 1.11 bits per heavy atom. The van der Waals surface area contributed by atoms with Crippen LogP contribution in [-0.4, -0.2) is 59.7 Å². The number of rotatable bonds is 5. The summed E-state index contributed by atoms with van der Waals surface area (Å²) in [6.45, 7) is -0.481. The zero-order chi connectivity index (χ0) is 20.0. The van der Waals surface area contributed by atoms with E-state index >= 15 is 0 Å². The molecule has 3 aliphatic heterocycles. The summed E-state index contributed by atoms with van der Waals surface area (Å²) < 4.78 is 5.07. The van der Waals surface area contributed by atoms with Crippen LogP contribution in [0.1, 0.15) is 12.8 Å². The molecule has 0 bridgehead atoms. The van der Waals surface area contributed by atoms with E-state index in [1.807, 2.05) is 0 Å². The van der Waals surface area contributed by atoms with E-state index in [1.54, 1.807) is 24.3 Å². The molecule has 0 radical (unpaired) electrons. The Morgan fingerprint density at radius 2 is 1.75 bits per heavy atom. The molecule has 0 spiro atoms. The van der Waals surface area contributed by atoms with Crippen LogP contribution in [0.5, 0.6) is 5.75 Å². The van der Waals surface area contributed by atoms with E-state index in [9.17, 15) is 24.0 Å². The Hall–Kier alpha value is -3.56. The number of benzene rings is 1. The quantitative estimate of drug-likeness (QED) is 0.661. The lowest BCUT2D eigenvalue weighted by molar-refractivity contribution is -0.140. The number of ketones is 1. The van der Waals surface area contributed by atoms with Crippen LogP contribution in [0.25, 0.3) is 0 Å². The van der Waals surface area contributed by atoms with Crippen molar-refractivity contribution in [3.63, 3.8) is 0 Å². The number of nitrogens with one attached hydrogen (secondary N) is 1. The van der Waals surface area contributed by atoms with Gasteiger partial charge in [-0.15, -0.1) is 0 Å². The third kappa shape index (κ3) is 2.65. The third-order valence-corrected chi connectivity index (χ3v) is 5.00. The summed E-state index contributed by atoms with van der Waals surface area (Å²) in [4.78, 5) is 63.5. The highest BCUT2D eigenvalue weighted by Gasteiger charge is 2.55. The van der Waals surface area contributed by atoms with E-state index in [-0.39, 0.29) is 18.6 Å². The second-order valence-corrected chi connectivity index (χ2v) is 6.59. The molecule has 0 aliphatic carbocycles. The summed E-state index contributed by atoms with van der Waals surface area (Å²) in [5, 5.41) is 3.85. The maximum Gasteiger partial charge on any atom is 0.259 e. The molecule has 2 saturated heterocycles. The van der Waals surface area contributed by atoms with Crippen molar-refractivity contribution >= 4 is 40.8 Å². The van der Waals surface area contributed by atoms with Gasteiger partial charge in [-0.1, -0.05) is 0 Å². The van der Waals surface area contributed by atoms with Gasteiger partial charge in [0.1, 0.15) is 23.4 Å². The fraction of sp³-hybridized carbons (Fsp3) is 0.333. The number of hydrazone groups is 1. The second-order valence-electron chi connectivity index (χ2n) is 6.59. The normalized spacial score (nSPS) is 23.8. The van der Waals surface area contributed by atoms with E-state index < -0.39 is 47.9 Å². The number of fused-ring (bicyclic) bond motifs is 1. The first-order valence-electron chi connectivity index (χ1n) is 8.63. The number of hydrogen-bond acceptors (Lipinski definition) is 8. The number of hydrogen-bond donors (Lipinski definition) is 1. The molecule has 2 unspecified atom stereocenters. The lowest BCUT2D eigenvalue weighted by Gasteiger charge is -2.16. The highest BCUT2D eigenvalue weighted by molar-refractivity contribution is 6.49. The highest BCUT2D eigenvalue weighted by Crippen LogP contribution is 2.31. The second kappa shape index (κ2) is 6.55. The minimum atomic E-state index is -1.09. The van der Waals surface area contributed by atoms with Gasteiger partial charge in [-0.3, -0.25) is 34.3 Å². The fourth-order valence-electron chi connectivity index (χ4n) is 3.53. The van der Waals surface area contributed by atoms with Crippen molar-refractivity contribution in [1.29, 1.82) is 0 Å². The maximum absolute atomic E-state index is 12.9. The smallest absolute Gasteiger partial charge is 0.259 e. The Labute approximate surface area is 159 Å². The number of imide groups is 2. The van der Waals surface area contributed by atoms with Crippen LogP contribution >= 0.6 is 0 Å². The Kier molecular flexibility index (Phi) is 4.17. The van der Waals surface area contributed by atoms with Crippen LogP contribution in [0.2, 0.25) is 0 Å². The number of ether oxygens (including phenoxy) is 1. The van der Waals surface area contributed by atoms with Crippen molar-refractivity contribution in [3.05, 3.63) is 24.3 Å². The summed E-state index contributed by atoms with van der Waals surface area (Å²) in [5.74, 6) is -3.14. The SMILES string of the molecule is COc1ccc(N2C(=O)C3NN=C(C(=O)CN4C(=O)CCC4=O)C3C2=O)cc1.